The zero-order valence-electron chi connectivity index (χ0n) is 12.7. The van der Waals surface area contributed by atoms with Crippen LogP contribution in [0, 0.1) is 0 Å². The lowest BCUT2D eigenvalue weighted by Gasteiger charge is -2.30. The second-order valence-electron chi connectivity index (χ2n) is 5.61. The molecule has 1 aromatic carbocycles. The maximum Gasteiger partial charge on any atom is 0.254 e. The number of hydrogen-bond acceptors (Lipinski definition) is 3. The van der Waals surface area contributed by atoms with Crippen LogP contribution in [0.5, 0.6) is 0 Å². The Balaban J connectivity index is 2.08. The van der Waals surface area contributed by atoms with Crippen molar-refractivity contribution in [3.05, 3.63) is 41.5 Å². The Kier molecular flexibility index (Phi) is 5.88. The summed E-state index contributed by atoms with van der Waals surface area (Å²) in [5.74, 6) is 0.966. The summed E-state index contributed by atoms with van der Waals surface area (Å²) < 4.78 is 0. The summed E-state index contributed by atoms with van der Waals surface area (Å²) in [6.07, 6.45) is 3.28. The monoisotopic (exact) mass is 305 g/mol. The number of amides is 1. The first-order valence-electron chi connectivity index (χ1n) is 7.40. The molecule has 3 nitrogen and oxygen atoms in total. The predicted molar refractivity (Wildman–Crippen MR) is 87.7 cm³/mol. The molecule has 0 radical (unpaired) electrons. The maximum atomic E-state index is 12.6. The zero-order chi connectivity index (χ0) is 15.2. The van der Waals surface area contributed by atoms with Gasteiger partial charge in [0.1, 0.15) is 0 Å². The lowest BCUT2D eigenvalue weighted by atomic mass is 10.1. The first kappa shape index (κ1) is 16.1. The van der Waals surface area contributed by atoms with Gasteiger partial charge in [-0.3, -0.25) is 4.79 Å². The predicted octanol–water partition coefficient (Wildman–Crippen LogP) is 3.34. The Morgan fingerprint density at radius 3 is 2.67 bits per heavy atom. The number of piperidine rings is 1. The molecule has 114 valence electrons. The van der Waals surface area contributed by atoms with Gasteiger partial charge in [-0.15, -0.1) is 11.8 Å². The van der Waals surface area contributed by atoms with E-state index in [0.717, 1.165) is 16.2 Å². The van der Waals surface area contributed by atoms with Gasteiger partial charge in [0.25, 0.3) is 5.91 Å². The first-order valence-corrected chi connectivity index (χ1v) is 8.39. The van der Waals surface area contributed by atoms with Gasteiger partial charge in [0, 0.05) is 23.7 Å². The van der Waals surface area contributed by atoms with Crippen LogP contribution >= 0.6 is 11.8 Å². The number of rotatable bonds is 4. The van der Waals surface area contributed by atoms with Crippen molar-refractivity contribution in [3.8, 4) is 0 Å². The Morgan fingerprint density at radius 1 is 1.33 bits per heavy atom. The van der Waals surface area contributed by atoms with E-state index in [-0.39, 0.29) is 12.0 Å². The van der Waals surface area contributed by atoms with E-state index in [9.17, 15) is 9.90 Å². The fourth-order valence-electron chi connectivity index (χ4n) is 2.31. The molecule has 0 spiro atoms. The van der Waals surface area contributed by atoms with E-state index in [0.29, 0.717) is 25.9 Å². The lowest BCUT2D eigenvalue weighted by molar-refractivity contribution is 0.0543. The summed E-state index contributed by atoms with van der Waals surface area (Å²) in [5.41, 5.74) is 2.07. The number of carbonyl (C=O) groups excluding carboxylic acids is 1. The Labute approximate surface area is 131 Å². The fourth-order valence-corrected chi connectivity index (χ4v) is 3.39. The number of benzene rings is 1. The van der Waals surface area contributed by atoms with Gasteiger partial charge < -0.3 is 10.0 Å². The van der Waals surface area contributed by atoms with E-state index in [1.54, 1.807) is 11.8 Å². The number of carbonyl (C=O) groups is 1. The molecular formula is C17H23NO2S. The molecule has 1 N–H and O–H groups in total. The summed E-state index contributed by atoms with van der Waals surface area (Å²) >= 11 is 1.69. The highest BCUT2D eigenvalue weighted by atomic mass is 32.2. The normalized spacial score (nSPS) is 15.9. The molecule has 1 saturated heterocycles. The Morgan fingerprint density at radius 2 is 2.00 bits per heavy atom. The number of allylic oxidation sites excluding steroid dienone is 1. The minimum Gasteiger partial charge on any atom is -0.393 e. The highest BCUT2D eigenvalue weighted by molar-refractivity contribution is 7.99. The van der Waals surface area contributed by atoms with Crippen molar-refractivity contribution in [3.63, 3.8) is 0 Å². The SMILES string of the molecule is CC(C)=CCSc1ccccc1C(=O)N1CCC(O)CC1. The molecule has 1 amide bonds. The molecule has 1 fully saturated rings. The largest absolute Gasteiger partial charge is 0.393 e. The van der Waals surface area contributed by atoms with Gasteiger partial charge in [-0.05, 0) is 38.8 Å². The summed E-state index contributed by atoms with van der Waals surface area (Å²) in [6.45, 7) is 5.45. The molecule has 0 aromatic heterocycles. The molecule has 4 heteroatoms. The molecule has 0 bridgehead atoms. The number of thioether (sulfide) groups is 1. The highest BCUT2D eigenvalue weighted by Gasteiger charge is 2.23. The number of hydrogen-bond donors (Lipinski definition) is 1. The minimum atomic E-state index is -0.253. The summed E-state index contributed by atoms with van der Waals surface area (Å²) in [6, 6.07) is 7.80. The molecule has 1 heterocycles. The number of likely N-dealkylation sites (tertiary alicyclic amines) is 1. The molecular weight excluding hydrogens is 282 g/mol. The average molecular weight is 305 g/mol. The summed E-state index contributed by atoms with van der Waals surface area (Å²) in [7, 11) is 0. The van der Waals surface area contributed by atoms with Crippen molar-refractivity contribution in [1.29, 1.82) is 0 Å². The molecule has 0 atom stereocenters. The van der Waals surface area contributed by atoms with Crippen molar-refractivity contribution in [1.82, 2.24) is 4.90 Å². The summed E-state index contributed by atoms with van der Waals surface area (Å²) in [4.78, 5) is 15.5. The molecule has 1 aliphatic rings. The van der Waals surface area contributed by atoms with Gasteiger partial charge in [0.2, 0.25) is 0 Å². The van der Waals surface area contributed by atoms with Crippen LogP contribution in [0.25, 0.3) is 0 Å². The topological polar surface area (TPSA) is 40.5 Å². The van der Waals surface area contributed by atoms with Crippen molar-refractivity contribution in [2.24, 2.45) is 0 Å². The molecule has 0 saturated carbocycles. The van der Waals surface area contributed by atoms with Gasteiger partial charge in [-0.1, -0.05) is 23.8 Å². The van der Waals surface area contributed by atoms with Crippen molar-refractivity contribution in [2.45, 2.75) is 37.7 Å². The van der Waals surface area contributed by atoms with Gasteiger partial charge >= 0.3 is 0 Å². The smallest absolute Gasteiger partial charge is 0.254 e. The third-order valence-corrected chi connectivity index (χ3v) is 4.60. The summed E-state index contributed by atoms with van der Waals surface area (Å²) in [5, 5.41) is 9.55. The van der Waals surface area contributed by atoms with E-state index < -0.39 is 0 Å². The molecule has 2 rings (SSSR count). The van der Waals surface area contributed by atoms with Crippen LogP contribution in [0.1, 0.15) is 37.0 Å². The van der Waals surface area contributed by atoms with E-state index in [4.69, 9.17) is 0 Å². The zero-order valence-corrected chi connectivity index (χ0v) is 13.5. The maximum absolute atomic E-state index is 12.6. The van der Waals surface area contributed by atoms with Crippen LogP contribution in [-0.4, -0.2) is 40.9 Å². The van der Waals surface area contributed by atoms with E-state index >= 15 is 0 Å². The van der Waals surface area contributed by atoms with Crippen LogP contribution in [0.4, 0.5) is 0 Å². The third kappa shape index (κ3) is 4.61. The Bertz CT molecular complexity index is 515. The van der Waals surface area contributed by atoms with Crippen molar-refractivity contribution in [2.75, 3.05) is 18.8 Å². The van der Waals surface area contributed by atoms with Crippen molar-refractivity contribution >= 4 is 17.7 Å². The van der Waals surface area contributed by atoms with E-state index in [1.807, 2.05) is 29.2 Å². The van der Waals surface area contributed by atoms with Gasteiger partial charge in [0.05, 0.1) is 11.7 Å². The second kappa shape index (κ2) is 7.66. The van der Waals surface area contributed by atoms with Crippen LogP contribution in [0.15, 0.2) is 40.8 Å². The molecule has 1 aromatic rings. The van der Waals surface area contributed by atoms with Gasteiger partial charge in [0.15, 0.2) is 0 Å². The number of nitrogens with zero attached hydrogens (tertiary/aromatic N) is 1. The fraction of sp³-hybridized carbons (Fsp3) is 0.471. The molecule has 1 aliphatic heterocycles. The second-order valence-corrected chi connectivity index (χ2v) is 6.67. The quantitative estimate of drug-likeness (QED) is 0.685. The Hall–Kier alpha value is -1.26. The standard InChI is InChI=1S/C17H23NO2S/c1-13(2)9-12-21-16-6-4-3-5-15(16)17(20)18-10-7-14(19)8-11-18/h3-6,9,14,19H,7-8,10-12H2,1-2H3. The van der Waals surface area contributed by atoms with Gasteiger partial charge in [-0.25, -0.2) is 0 Å². The molecule has 0 aliphatic carbocycles. The highest BCUT2D eigenvalue weighted by Crippen LogP contribution is 2.25. The molecule has 21 heavy (non-hydrogen) atoms. The lowest BCUT2D eigenvalue weighted by Crippen LogP contribution is -2.40. The van der Waals surface area contributed by atoms with E-state index in [1.165, 1.54) is 5.57 Å². The van der Waals surface area contributed by atoms with Crippen LogP contribution in [0.3, 0.4) is 0 Å². The van der Waals surface area contributed by atoms with Crippen LogP contribution < -0.4 is 0 Å². The molecule has 0 unspecified atom stereocenters. The average Bonchev–Trinajstić information content (AvgIpc) is 2.47. The van der Waals surface area contributed by atoms with Gasteiger partial charge in [-0.2, -0.15) is 0 Å². The first-order chi connectivity index (χ1) is 10.1. The van der Waals surface area contributed by atoms with E-state index in [2.05, 4.69) is 19.9 Å². The number of aliphatic hydroxyl groups excluding tert-OH is 1. The van der Waals surface area contributed by atoms with Crippen LogP contribution in [0.2, 0.25) is 0 Å². The minimum absolute atomic E-state index is 0.0854. The van der Waals surface area contributed by atoms with Crippen LogP contribution in [-0.2, 0) is 0 Å². The van der Waals surface area contributed by atoms with Crippen molar-refractivity contribution < 1.29 is 9.90 Å². The third-order valence-electron chi connectivity index (χ3n) is 3.60. The number of aliphatic hydroxyl groups is 1.